The second-order valence-corrected chi connectivity index (χ2v) is 9.62. The lowest BCUT2D eigenvalue weighted by molar-refractivity contribution is 0.101. The number of carbonyl (C=O) groups excluding carboxylic acids is 2. The molecule has 1 amide bonds. The van der Waals surface area contributed by atoms with E-state index in [1.165, 1.54) is 0 Å². The van der Waals surface area contributed by atoms with E-state index in [2.05, 4.69) is 42.0 Å². The first-order valence-corrected chi connectivity index (χ1v) is 11.3. The highest BCUT2D eigenvalue weighted by atomic mass is 79.9. The number of para-hydroxylation sites is 1. The Morgan fingerprint density at radius 3 is 2.24 bits per heavy atom. The fourth-order valence-corrected chi connectivity index (χ4v) is 4.12. The third kappa shape index (κ3) is 4.57. The molecule has 3 aromatic carbocycles. The van der Waals surface area contributed by atoms with Crippen LogP contribution in [0.4, 0.5) is 5.69 Å². The number of hydrogen-bond donors (Lipinski definition) is 1. The Bertz CT molecular complexity index is 1350. The van der Waals surface area contributed by atoms with Crippen LogP contribution in [-0.2, 0) is 5.41 Å². The average Bonchev–Trinajstić information content (AvgIpc) is 3.16. The lowest BCUT2D eigenvalue weighted by Gasteiger charge is -2.19. The summed E-state index contributed by atoms with van der Waals surface area (Å²) in [5, 5.41) is 3.57. The summed E-state index contributed by atoms with van der Waals surface area (Å²) in [5.41, 5.74) is 2.90. The molecule has 0 aliphatic carbocycles. The Labute approximate surface area is 200 Å². The first kappa shape index (κ1) is 22.8. The number of nitrogens with one attached hydrogen (secondary N) is 1. The van der Waals surface area contributed by atoms with Crippen molar-refractivity contribution in [3.8, 4) is 5.75 Å². The molecule has 1 heterocycles. The molecule has 0 bridgehead atoms. The van der Waals surface area contributed by atoms with Gasteiger partial charge in [-0.05, 0) is 69.4 Å². The Morgan fingerprint density at radius 2 is 1.61 bits per heavy atom. The summed E-state index contributed by atoms with van der Waals surface area (Å²) >= 11 is 3.41. The van der Waals surface area contributed by atoms with Gasteiger partial charge >= 0.3 is 0 Å². The normalized spacial score (nSPS) is 11.4. The van der Waals surface area contributed by atoms with Crippen molar-refractivity contribution >= 4 is 44.3 Å². The number of ketones is 1. The summed E-state index contributed by atoms with van der Waals surface area (Å²) in [6, 6.07) is 19.8. The first-order chi connectivity index (χ1) is 15.7. The van der Waals surface area contributed by atoms with Crippen molar-refractivity contribution in [2.24, 2.45) is 0 Å². The Kier molecular flexibility index (Phi) is 6.13. The van der Waals surface area contributed by atoms with E-state index < -0.39 is 0 Å². The highest BCUT2D eigenvalue weighted by Crippen LogP contribution is 2.34. The average molecular weight is 506 g/mol. The summed E-state index contributed by atoms with van der Waals surface area (Å²) in [6.07, 6.45) is 0. The molecule has 1 N–H and O–H groups in total. The predicted octanol–water partition coefficient (Wildman–Crippen LogP) is 6.98. The number of rotatable bonds is 5. The molecule has 0 spiro atoms. The van der Waals surface area contributed by atoms with Gasteiger partial charge in [0, 0.05) is 16.5 Å². The Balaban J connectivity index is 1.72. The molecule has 4 rings (SSSR count). The lowest BCUT2D eigenvalue weighted by Crippen LogP contribution is -2.15. The zero-order valence-electron chi connectivity index (χ0n) is 18.9. The van der Waals surface area contributed by atoms with Gasteiger partial charge < -0.3 is 14.5 Å². The summed E-state index contributed by atoms with van der Waals surface area (Å²) in [4.78, 5) is 26.4. The van der Waals surface area contributed by atoms with E-state index >= 15 is 0 Å². The predicted molar refractivity (Wildman–Crippen MR) is 133 cm³/mol. The van der Waals surface area contributed by atoms with Crippen LogP contribution in [0.3, 0.4) is 0 Å². The maximum atomic E-state index is 13.4. The molecule has 33 heavy (non-hydrogen) atoms. The molecule has 0 saturated heterocycles. The molecule has 1 aromatic heterocycles. The zero-order valence-corrected chi connectivity index (χ0v) is 20.4. The molecule has 0 saturated carbocycles. The van der Waals surface area contributed by atoms with E-state index in [-0.39, 0.29) is 22.9 Å². The largest absolute Gasteiger partial charge is 0.496 e. The van der Waals surface area contributed by atoms with Crippen LogP contribution in [0.2, 0.25) is 0 Å². The van der Waals surface area contributed by atoms with Crippen molar-refractivity contribution in [2.45, 2.75) is 26.2 Å². The Hall–Kier alpha value is -3.38. The van der Waals surface area contributed by atoms with E-state index in [1.807, 2.05) is 30.3 Å². The van der Waals surface area contributed by atoms with Crippen molar-refractivity contribution in [3.63, 3.8) is 0 Å². The van der Waals surface area contributed by atoms with E-state index in [0.29, 0.717) is 38.0 Å². The highest BCUT2D eigenvalue weighted by molar-refractivity contribution is 9.10. The fourth-order valence-electron chi connectivity index (χ4n) is 3.58. The van der Waals surface area contributed by atoms with Gasteiger partial charge in [0.15, 0.2) is 5.76 Å². The molecule has 0 fully saturated rings. The molecule has 0 unspecified atom stereocenters. The van der Waals surface area contributed by atoms with Crippen molar-refractivity contribution in [1.82, 2.24) is 0 Å². The maximum Gasteiger partial charge on any atom is 0.255 e. The maximum absolute atomic E-state index is 13.4. The minimum Gasteiger partial charge on any atom is -0.496 e. The molecule has 0 aliphatic rings. The van der Waals surface area contributed by atoms with Gasteiger partial charge in [0.1, 0.15) is 11.3 Å². The summed E-state index contributed by atoms with van der Waals surface area (Å²) < 4.78 is 11.8. The van der Waals surface area contributed by atoms with Crippen LogP contribution in [-0.4, -0.2) is 18.8 Å². The number of hydrogen-bond acceptors (Lipinski definition) is 4. The van der Waals surface area contributed by atoms with Gasteiger partial charge in [-0.15, -0.1) is 0 Å². The second kappa shape index (κ2) is 8.87. The Morgan fingerprint density at radius 1 is 0.939 bits per heavy atom. The monoisotopic (exact) mass is 505 g/mol. The minimum atomic E-state index is -0.340. The third-order valence-corrected chi connectivity index (χ3v) is 6.09. The van der Waals surface area contributed by atoms with Crippen LogP contribution in [0, 0.1) is 0 Å². The topological polar surface area (TPSA) is 68.5 Å². The highest BCUT2D eigenvalue weighted by Gasteiger charge is 2.24. The quantitative estimate of drug-likeness (QED) is 0.297. The van der Waals surface area contributed by atoms with E-state index in [1.54, 1.807) is 43.5 Å². The number of anilines is 1. The van der Waals surface area contributed by atoms with Gasteiger partial charge in [-0.1, -0.05) is 45.0 Å². The number of amides is 1. The number of halogens is 1. The van der Waals surface area contributed by atoms with Crippen LogP contribution in [0.5, 0.6) is 5.75 Å². The van der Waals surface area contributed by atoms with E-state index in [9.17, 15) is 9.59 Å². The van der Waals surface area contributed by atoms with Crippen LogP contribution in [0.15, 0.2) is 75.6 Å². The van der Waals surface area contributed by atoms with Crippen LogP contribution in [0.1, 0.15) is 52.8 Å². The SMILES string of the molecule is COc1ccc(C(=O)c2oc3ccccc3c2NC(=O)c2ccc(C(C)(C)C)cc2)cc1Br. The molecule has 5 nitrogen and oxygen atoms in total. The summed E-state index contributed by atoms with van der Waals surface area (Å²) in [7, 11) is 1.56. The van der Waals surface area contributed by atoms with Crippen molar-refractivity contribution < 1.29 is 18.7 Å². The number of methoxy groups -OCH3 is 1. The molecule has 0 atom stereocenters. The van der Waals surface area contributed by atoms with Gasteiger partial charge in [-0.25, -0.2) is 0 Å². The van der Waals surface area contributed by atoms with E-state index in [4.69, 9.17) is 9.15 Å². The van der Waals surface area contributed by atoms with Gasteiger partial charge in [0.2, 0.25) is 5.78 Å². The van der Waals surface area contributed by atoms with E-state index in [0.717, 1.165) is 5.56 Å². The van der Waals surface area contributed by atoms with Crippen molar-refractivity contribution in [2.75, 3.05) is 12.4 Å². The molecule has 0 aliphatic heterocycles. The molecule has 168 valence electrons. The molecule has 0 radical (unpaired) electrons. The van der Waals surface area contributed by atoms with Gasteiger partial charge in [0.05, 0.1) is 17.3 Å². The fraction of sp³-hybridized carbons (Fsp3) is 0.185. The summed E-state index contributed by atoms with van der Waals surface area (Å²) in [5.74, 6) is 0.0382. The van der Waals surface area contributed by atoms with Crippen molar-refractivity contribution in [3.05, 3.63) is 93.7 Å². The minimum absolute atomic E-state index is 0.0119. The first-order valence-electron chi connectivity index (χ1n) is 10.5. The molecular formula is C27H24BrNO4. The van der Waals surface area contributed by atoms with Gasteiger partial charge in [-0.3, -0.25) is 9.59 Å². The molecule has 4 aromatic rings. The third-order valence-electron chi connectivity index (χ3n) is 5.47. The summed E-state index contributed by atoms with van der Waals surface area (Å²) in [6.45, 7) is 6.36. The number of benzene rings is 3. The molecule has 6 heteroatoms. The van der Waals surface area contributed by atoms with Crippen LogP contribution < -0.4 is 10.1 Å². The number of fused-ring (bicyclic) bond motifs is 1. The van der Waals surface area contributed by atoms with Gasteiger partial charge in [0.25, 0.3) is 5.91 Å². The number of furan rings is 1. The lowest BCUT2D eigenvalue weighted by atomic mass is 9.86. The second-order valence-electron chi connectivity index (χ2n) is 8.76. The van der Waals surface area contributed by atoms with Crippen LogP contribution in [0.25, 0.3) is 11.0 Å². The zero-order chi connectivity index (χ0) is 23.8. The van der Waals surface area contributed by atoms with Crippen molar-refractivity contribution in [1.29, 1.82) is 0 Å². The number of ether oxygens (including phenoxy) is 1. The standard InChI is InChI=1S/C27H24BrNO4/c1-27(2,3)18-12-9-16(10-13-18)26(31)29-23-19-7-5-6-8-21(19)33-25(23)24(30)17-11-14-22(32-4)20(28)15-17/h5-15H,1-4H3,(H,29,31). The van der Waals surface area contributed by atoms with Gasteiger partial charge in [-0.2, -0.15) is 0 Å². The van der Waals surface area contributed by atoms with Crippen LogP contribution >= 0.6 is 15.9 Å². The smallest absolute Gasteiger partial charge is 0.255 e. The number of carbonyl (C=O) groups is 2. The molecular weight excluding hydrogens is 482 g/mol.